The van der Waals surface area contributed by atoms with E-state index in [-0.39, 0.29) is 6.10 Å². The van der Waals surface area contributed by atoms with Gasteiger partial charge < -0.3 is 4.74 Å². The second kappa shape index (κ2) is 5.74. The second-order valence-electron chi connectivity index (χ2n) is 3.66. The summed E-state index contributed by atoms with van der Waals surface area (Å²) in [5.74, 6) is 0. The Balaban J connectivity index is 2.35. The van der Waals surface area contributed by atoms with Crippen molar-refractivity contribution in [1.29, 1.82) is 0 Å². The monoisotopic (exact) mass is 222 g/mol. The van der Waals surface area contributed by atoms with Gasteiger partial charge in [-0.25, -0.2) is 0 Å². The largest absolute Gasteiger partial charge is 0.480 e. The lowest BCUT2D eigenvalue weighted by Gasteiger charge is -2.16. The van der Waals surface area contributed by atoms with Crippen LogP contribution >= 0.6 is 0 Å². The minimum absolute atomic E-state index is 0.105. The number of hydrogen-bond acceptors (Lipinski definition) is 1. The fraction of sp³-hybridized carbons (Fsp3) is 0.0625. The molecule has 2 aromatic carbocycles. The quantitative estimate of drug-likeness (QED) is 0.559. The molecule has 84 valence electrons. The van der Waals surface area contributed by atoms with E-state index in [0.29, 0.717) is 0 Å². The van der Waals surface area contributed by atoms with Gasteiger partial charge in [-0.3, -0.25) is 0 Å². The number of rotatable bonds is 4. The van der Waals surface area contributed by atoms with Gasteiger partial charge in [0.25, 0.3) is 0 Å². The first-order chi connectivity index (χ1) is 8.42. The van der Waals surface area contributed by atoms with E-state index in [0.717, 1.165) is 11.1 Å². The molecule has 1 nitrogen and oxygen atoms in total. The summed E-state index contributed by atoms with van der Waals surface area (Å²) in [4.78, 5) is 0. The highest BCUT2D eigenvalue weighted by atomic mass is 16.5. The molecule has 0 fully saturated rings. The Bertz CT molecular complexity index is 456. The van der Waals surface area contributed by atoms with Crippen molar-refractivity contribution in [2.45, 2.75) is 6.10 Å². The van der Waals surface area contributed by atoms with Crippen LogP contribution in [0.2, 0.25) is 0 Å². The third kappa shape index (κ3) is 2.87. The van der Waals surface area contributed by atoms with Crippen molar-refractivity contribution in [2.24, 2.45) is 0 Å². The van der Waals surface area contributed by atoms with Crippen LogP contribution in [0.3, 0.4) is 0 Å². The molecule has 0 saturated carbocycles. The molecule has 0 saturated heterocycles. The van der Waals surface area contributed by atoms with Crippen LogP contribution in [0.25, 0.3) is 0 Å². The summed E-state index contributed by atoms with van der Waals surface area (Å²) in [6.07, 6.45) is 1.40. The Hall–Kier alpha value is -2.24. The molecule has 0 bridgehead atoms. The zero-order valence-electron chi connectivity index (χ0n) is 9.54. The summed E-state index contributed by atoms with van der Waals surface area (Å²) in [6, 6.07) is 20.2. The first kappa shape index (κ1) is 11.3. The molecule has 0 atom stereocenters. The van der Waals surface area contributed by atoms with Crippen LogP contribution in [0, 0.1) is 0 Å². The average Bonchev–Trinajstić information content (AvgIpc) is 2.42. The lowest BCUT2D eigenvalue weighted by molar-refractivity contribution is 0.183. The third-order valence-corrected chi connectivity index (χ3v) is 2.49. The molecular weight excluding hydrogens is 208 g/mol. The van der Waals surface area contributed by atoms with E-state index in [4.69, 9.17) is 4.74 Å². The van der Waals surface area contributed by atoms with E-state index in [1.165, 1.54) is 6.26 Å². The van der Waals surface area contributed by atoms with E-state index in [9.17, 15) is 0 Å². The zero-order valence-corrected chi connectivity index (χ0v) is 9.54. The molecule has 0 heterocycles. The van der Waals surface area contributed by atoms with Crippen LogP contribution < -0.4 is 0 Å². The molecule has 0 radical (unpaired) electrons. The second-order valence-corrected chi connectivity index (χ2v) is 3.66. The van der Waals surface area contributed by atoms with Crippen molar-refractivity contribution in [3.63, 3.8) is 0 Å². The lowest BCUT2D eigenvalue weighted by Crippen LogP contribution is -2.02. The molecule has 0 aliphatic carbocycles. The Morgan fingerprint density at radius 1 is 0.882 bits per heavy atom. The minimum Gasteiger partial charge on any atom is -0.480 e. The predicted molar refractivity (Wildman–Crippen MR) is 69.5 cm³/mol. The number of benzene rings is 2. The maximum Gasteiger partial charge on any atom is 0.149 e. The van der Waals surface area contributed by atoms with Gasteiger partial charge in [0.15, 0.2) is 0 Å². The first-order valence-electron chi connectivity index (χ1n) is 5.51. The third-order valence-electron chi connectivity index (χ3n) is 2.49. The van der Waals surface area contributed by atoms with Gasteiger partial charge in [0.05, 0.1) is 0 Å². The molecule has 0 aromatic heterocycles. The Kier molecular flexibility index (Phi) is 3.80. The lowest BCUT2D eigenvalue weighted by atomic mass is 10.0. The van der Waals surface area contributed by atoms with Gasteiger partial charge in [0.1, 0.15) is 12.4 Å². The summed E-state index contributed by atoms with van der Waals surface area (Å²) in [5, 5.41) is 0. The maximum atomic E-state index is 5.66. The summed E-state index contributed by atoms with van der Waals surface area (Å²) in [6.45, 7) is 3.51. The van der Waals surface area contributed by atoms with E-state index < -0.39 is 0 Å². The van der Waals surface area contributed by atoms with E-state index >= 15 is 0 Å². The Morgan fingerprint density at radius 3 is 1.76 bits per heavy atom. The van der Waals surface area contributed by atoms with Gasteiger partial charge in [-0.15, -0.1) is 0 Å². The van der Waals surface area contributed by atoms with Crippen LogP contribution in [-0.4, -0.2) is 0 Å². The highest BCUT2D eigenvalue weighted by Gasteiger charge is 2.12. The van der Waals surface area contributed by atoms with Crippen molar-refractivity contribution in [3.05, 3.63) is 90.4 Å². The van der Waals surface area contributed by atoms with Crippen molar-refractivity contribution < 1.29 is 4.74 Å². The highest BCUT2D eigenvalue weighted by molar-refractivity contribution is 5.30. The minimum atomic E-state index is -0.105. The smallest absolute Gasteiger partial charge is 0.149 e. The van der Waals surface area contributed by atoms with Crippen LogP contribution in [0.4, 0.5) is 0 Å². The average molecular weight is 222 g/mol. The van der Waals surface area contributed by atoms with E-state index in [1.54, 1.807) is 0 Å². The van der Waals surface area contributed by atoms with Gasteiger partial charge in [0, 0.05) is 0 Å². The van der Waals surface area contributed by atoms with Gasteiger partial charge in [-0.2, -0.15) is 0 Å². The van der Waals surface area contributed by atoms with Crippen LogP contribution in [0.1, 0.15) is 17.2 Å². The summed E-state index contributed by atoms with van der Waals surface area (Å²) < 4.78 is 5.66. The van der Waals surface area contributed by atoms with Gasteiger partial charge >= 0.3 is 0 Å². The molecule has 17 heavy (non-hydrogen) atoms. The van der Waals surface area contributed by atoms with Crippen molar-refractivity contribution >= 4 is 0 Å². The fourth-order valence-corrected chi connectivity index (χ4v) is 1.72. The summed E-state index contributed by atoms with van der Waals surface area (Å²) in [7, 11) is 0. The SMILES string of the molecule is C=C=COC(c1ccccc1)c1ccccc1. The van der Waals surface area contributed by atoms with Gasteiger partial charge in [0.2, 0.25) is 0 Å². The number of hydrogen-bond donors (Lipinski definition) is 0. The predicted octanol–water partition coefficient (Wildman–Crippen LogP) is 4.09. The van der Waals surface area contributed by atoms with Gasteiger partial charge in [-0.05, 0) is 11.1 Å². The molecule has 0 aliphatic rings. The summed E-state index contributed by atoms with van der Waals surface area (Å²) >= 11 is 0. The standard InChI is InChI=1S/C16H14O/c1-2-13-17-16(14-9-5-3-6-10-14)15-11-7-4-8-12-15/h3-13,16H,1H2. The van der Waals surface area contributed by atoms with E-state index in [1.807, 2.05) is 36.4 Å². The topological polar surface area (TPSA) is 9.23 Å². The molecule has 0 aliphatic heterocycles. The first-order valence-corrected chi connectivity index (χ1v) is 5.51. The molecule has 2 aromatic rings. The number of ether oxygens (including phenoxy) is 1. The Labute approximate surface area is 102 Å². The Morgan fingerprint density at radius 2 is 1.35 bits per heavy atom. The fourth-order valence-electron chi connectivity index (χ4n) is 1.72. The molecule has 0 amide bonds. The van der Waals surface area contributed by atoms with Crippen LogP contribution in [-0.2, 0) is 4.74 Å². The molecule has 0 unspecified atom stereocenters. The highest BCUT2D eigenvalue weighted by Crippen LogP contribution is 2.25. The summed E-state index contributed by atoms with van der Waals surface area (Å²) in [5.41, 5.74) is 4.87. The van der Waals surface area contributed by atoms with E-state index in [2.05, 4.69) is 36.6 Å². The maximum absolute atomic E-state index is 5.66. The van der Waals surface area contributed by atoms with Crippen molar-refractivity contribution in [1.82, 2.24) is 0 Å². The molecule has 0 spiro atoms. The normalized spacial score (nSPS) is 9.71. The van der Waals surface area contributed by atoms with Crippen molar-refractivity contribution in [2.75, 3.05) is 0 Å². The molecule has 0 N–H and O–H groups in total. The van der Waals surface area contributed by atoms with Gasteiger partial charge in [-0.1, -0.05) is 73.0 Å². The molecule has 2 rings (SSSR count). The molecular formula is C16H14O. The molecule has 1 heteroatoms. The van der Waals surface area contributed by atoms with Crippen LogP contribution in [0.15, 0.2) is 79.2 Å². The van der Waals surface area contributed by atoms with Crippen molar-refractivity contribution in [3.8, 4) is 0 Å². The van der Waals surface area contributed by atoms with Crippen LogP contribution in [0.5, 0.6) is 0 Å². The zero-order chi connectivity index (χ0) is 11.9.